The van der Waals surface area contributed by atoms with Crippen LogP contribution in [0.3, 0.4) is 0 Å². The van der Waals surface area contributed by atoms with Gasteiger partial charge in [0.1, 0.15) is 0 Å². The molecule has 0 saturated carbocycles. The molecule has 29 heavy (non-hydrogen) atoms. The minimum absolute atomic E-state index is 0.0934. The van der Waals surface area contributed by atoms with Crippen molar-refractivity contribution >= 4 is 32.4 Å². The van der Waals surface area contributed by atoms with Gasteiger partial charge in [0.15, 0.2) is 11.0 Å². The molecule has 0 aromatic carbocycles. The van der Waals surface area contributed by atoms with Gasteiger partial charge in [-0.25, -0.2) is 17.7 Å². The van der Waals surface area contributed by atoms with Gasteiger partial charge < -0.3 is 20.1 Å². The van der Waals surface area contributed by atoms with Crippen molar-refractivity contribution in [1.29, 1.82) is 0 Å². The van der Waals surface area contributed by atoms with E-state index in [4.69, 9.17) is 15.2 Å². The Morgan fingerprint density at radius 2 is 2.07 bits per heavy atom. The molecule has 0 amide bonds. The Hall–Kier alpha value is -2.09. The van der Waals surface area contributed by atoms with Crippen molar-refractivity contribution in [3.63, 3.8) is 0 Å². The Labute approximate surface area is 172 Å². The van der Waals surface area contributed by atoms with Crippen molar-refractivity contribution in [2.24, 2.45) is 5.92 Å². The number of rotatable bonds is 6. The van der Waals surface area contributed by atoms with E-state index in [9.17, 15) is 8.42 Å². The summed E-state index contributed by atoms with van der Waals surface area (Å²) < 4.78 is 36.1. The molecule has 13 heteroatoms. The molecule has 2 aliphatic rings. The van der Waals surface area contributed by atoms with Gasteiger partial charge in [0.2, 0.25) is 16.0 Å². The molecule has 0 bridgehead atoms. The summed E-state index contributed by atoms with van der Waals surface area (Å²) in [5.74, 6) is 1.06. The lowest BCUT2D eigenvalue weighted by atomic mass is 10.1. The van der Waals surface area contributed by atoms with Crippen LogP contribution in [0.15, 0.2) is 6.20 Å². The zero-order valence-electron chi connectivity index (χ0n) is 16.0. The lowest BCUT2D eigenvalue weighted by Crippen LogP contribution is -2.37. The van der Waals surface area contributed by atoms with E-state index in [-0.39, 0.29) is 11.9 Å². The van der Waals surface area contributed by atoms with E-state index in [0.29, 0.717) is 62.9 Å². The van der Waals surface area contributed by atoms with Crippen molar-refractivity contribution in [2.45, 2.75) is 6.42 Å². The summed E-state index contributed by atoms with van der Waals surface area (Å²) in [4.78, 5) is 20.3. The quantitative estimate of drug-likeness (QED) is 0.656. The largest absolute Gasteiger partial charge is 0.463 e. The summed E-state index contributed by atoms with van der Waals surface area (Å²) in [5, 5.41) is 0.433. The second-order valence-corrected chi connectivity index (χ2v) is 10.0. The van der Waals surface area contributed by atoms with E-state index < -0.39 is 10.0 Å². The van der Waals surface area contributed by atoms with E-state index in [1.54, 1.807) is 6.20 Å². The molecule has 2 saturated heterocycles. The van der Waals surface area contributed by atoms with Crippen LogP contribution in [0.25, 0.3) is 10.7 Å². The van der Waals surface area contributed by atoms with Gasteiger partial charge in [-0.2, -0.15) is 15.0 Å². The monoisotopic (exact) mass is 441 g/mol. The van der Waals surface area contributed by atoms with Crippen LogP contribution >= 0.6 is 11.3 Å². The number of thiazole rings is 1. The number of hydrogen-bond donors (Lipinski definition) is 1. The van der Waals surface area contributed by atoms with Crippen molar-refractivity contribution in [3.8, 4) is 16.7 Å². The smallest absolute Gasteiger partial charge is 0.321 e. The van der Waals surface area contributed by atoms with Crippen LogP contribution in [0, 0.1) is 5.92 Å². The molecule has 1 atom stereocenters. The van der Waals surface area contributed by atoms with E-state index in [1.807, 2.05) is 4.90 Å². The number of sulfonamides is 1. The SMILES string of the molecule is CS(=O)(=O)N1CCC(COc2nc(-c3cnc(N)s3)nc(N3CCOCC3)n2)C1. The van der Waals surface area contributed by atoms with Crippen molar-refractivity contribution < 1.29 is 17.9 Å². The van der Waals surface area contributed by atoms with Crippen molar-refractivity contribution in [3.05, 3.63) is 6.20 Å². The Kier molecular flexibility index (Phi) is 5.81. The zero-order valence-corrected chi connectivity index (χ0v) is 17.7. The summed E-state index contributed by atoms with van der Waals surface area (Å²) in [6.45, 7) is 3.86. The molecule has 2 fully saturated rings. The van der Waals surface area contributed by atoms with Gasteiger partial charge in [-0.15, -0.1) is 0 Å². The van der Waals surface area contributed by atoms with Crippen LogP contribution in [0.1, 0.15) is 6.42 Å². The Morgan fingerprint density at radius 3 is 2.72 bits per heavy atom. The number of nitrogens with two attached hydrogens (primary N) is 1. The van der Waals surface area contributed by atoms with E-state index in [1.165, 1.54) is 21.9 Å². The minimum atomic E-state index is -3.18. The minimum Gasteiger partial charge on any atom is -0.463 e. The average Bonchev–Trinajstić information content (AvgIpc) is 3.36. The molecule has 0 spiro atoms. The Morgan fingerprint density at radius 1 is 1.28 bits per heavy atom. The Bertz CT molecular complexity index is 962. The van der Waals surface area contributed by atoms with Crippen LogP contribution in [-0.4, -0.2) is 84.9 Å². The highest BCUT2D eigenvalue weighted by atomic mass is 32.2. The Balaban J connectivity index is 1.52. The second-order valence-electron chi connectivity index (χ2n) is 6.99. The standard InChI is InChI=1S/C16H23N7O4S2/c1-29(24,25)23-3-2-11(9-23)10-27-16-20-13(12-8-18-14(17)28-12)19-15(21-16)22-4-6-26-7-5-22/h8,11H,2-7,9-10H2,1H3,(H2,17,18). The molecule has 2 aromatic heterocycles. The number of hydrogen-bond acceptors (Lipinski definition) is 11. The number of anilines is 2. The molecule has 158 valence electrons. The molecular formula is C16H23N7O4S2. The first-order valence-electron chi connectivity index (χ1n) is 9.27. The number of ether oxygens (including phenoxy) is 2. The lowest BCUT2D eigenvalue weighted by Gasteiger charge is -2.27. The maximum Gasteiger partial charge on any atom is 0.321 e. The molecule has 2 N–H and O–H groups in total. The fraction of sp³-hybridized carbons (Fsp3) is 0.625. The third-order valence-corrected chi connectivity index (χ3v) is 6.90. The fourth-order valence-corrected chi connectivity index (χ4v) is 4.78. The number of nitrogens with zero attached hydrogens (tertiary/aromatic N) is 6. The molecule has 4 heterocycles. The van der Waals surface area contributed by atoms with Gasteiger partial charge in [0.25, 0.3) is 0 Å². The first-order valence-corrected chi connectivity index (χ1v) is 11.9. The first-order chi connectivity index (χ1) is 13.9. The summed E-state index contributed by atoms with van der Waals surface area (Å²) >= 11 is 1.29. The van der Waals surface area contributed by atoms with Crippen molar-refractivity contribution in [1.82, 2.24) is 24.2 Å². The number of aromatic nitrogens is 4. The highest BCUT2D eigenvalue weighted by Gasteiger charge is 2.29. The summed E-state index contributed by atoms with van der Waals surface area (Å²) in [6.07, 6.45) is 3.60. The molecule has 11 nitrogen and oxygen atoms in total. The molecule has 1 unspecified atom stereocenters. The lowest BCUT2D eigenvalue weighted by molar-refractivity contribution is 0.122. The highest BCUT2D eigenvalue weighted by molar-refractivity contribution is 7.88. The maximum atomic E-state index is 11.7. The summed E-state index contributed by atoms with van der Waals surface area (Å²) in [6, 6.07) is 0.210. The van der Waals surface area contributed by atoms with Crippen LogP contribution in [0.5, 0.6) is 6.01 Å². The molecular weight excluding hydrogens is 418 g/mol. The summed E-state index contributed by atoms with van der Waals surface area (Å²) in [7, 11) is -3.18. The van der Waals surface area contributed by atoms with Gasteiger partial charge >= 0.3 is 6.01 Å². The third kappa shape index (κ3) is 4.91. The van der Waals surface area contributed by atoms with Crippen LogP contribution in [0.4, 0.5) is 11.1 Å². The van der Waals surface area contributed by atoms with Gasteiger partial charge in [-0.3, -0.25) is 0 Å². The van der Waals surface area contributed by atoms with Gasteiger partial charge in [0.05, 0.1) is 37.2 Å². The maximum absolute atomic E-state index is 11.7. The van der Waals surface area contributed by atoms with Gasteiger partial charge in [-0.1, -0.05) is 11.3 Å². The fourth-order valence-electron chi connectivity index (χ4n) is 3.24. The topological polar surface area (TPSA) is 137 Å². The van der Waals surface area contributed by atoms with Crippen molar-refractivity contribution in [2.75, 3.05) is 62.9 Å². The van der Waals surface area contributed by atoms with Crippen LogP contribution in [0.2, 0.25) is 0 Å². The highest BCUT2D eigenvalue weighted by Crippen LogP contribution is 2.27. The predicted molar refractivity (Wildman–Crippen MR) is 108 cm³/mol. The second kappa shape index (κ2) is 8.34. The predicted octanol–water partition coefficient (Wildman–Crippen LogP) is 0.0742. The number of nitrogen functional groups attached to an aromatic ring is 1. The van der Waals surface area contributed by atoms with E-state index in [0.717, 1.165) is 11.3 Å². The number of morpholine rings is 1. The van der Waals surface area contributed by atoms with Gasteiger partial charge in [-0.05, 0) is 6.42 Å². The first kappa shape index (κ1) is 20.2. The van der Waals surface area contributed by atoms with Crippen LogP contribution < -0.4 is 15.4 Å². The van der Waals surface area contributed by atoms with Crippen LogP contribution in [-0.2, 0) is 14.8 Å². The molecule has 0 aliphatic carbocycles. The third-order valence-electron chi connectivity index (χ3n) is 4.81. The van der Waals surface area contributed by atoms with E-state index >= 15 is 0 Å². The molecule has 2 aromatic rings. The molecule has 2 aliphatic heterocycles. The zero-order chi connectivity index (χ0) is 20.4. The molecule has 0 radical (unpaired) electrons. The average molecular weight is 442 g/mol. The normalized spacial score (nSPS) is 20.9. The summed E-state index contributed by atoms with van der Waals surface area (Å²) in [5.41, 5.74) is 5.75. The molecule has 4 rings (SSSR count). The van der Waals surface area contributed by atoms with Gasteiger partial charge in [0, 0.05) is 32.1 Å². The van der Waals surface area contributed by atoms with E-state index in [2.05, 4.69) is 19.9 Å².